The smallest absolute Gasteiger partial charge is 0.130 e. The lowest BCUT2D eigenvalue weighted by atomic mass is 10.2. The average molecular weight is 245 g/mol. The summed E-state index contributed by atoms with van der Waals surface area (Å²) in [6, 6.07) is 10.4. The second-order valence-corrected chi connectivity index (χ2v) is 4.78. The van der Waals surface area contributed by atoms with Crippen LogP contribution in [0.4, 0.5) is 5.82 Å². The molecule has 0 amide bonds. The van der Waals surface area contributed by atoms with E-state index < -0.39 is 0 Å². The summed E-state index contributed by atoms with van der Waals surface area (Å²) in [5, 5.41) is 4.14. The maximum atomic E-state index is 4.25. The van der Waals surface area contributed by atoms with E-state index in [1.807, 2.05) is 6.07 Å². The monoisotopic (exact) mass is 245 g/mol. The van der Waals surface area contributed by atoms with Crippen molar-refractivity contribution in [2.45, 2.75) is 23.8 Å². The van der Waals surface area contributed by atoms with E-state index in [1.165, 1.54) is 10.5 Å². The first-order valence-electron chi connectivity index (χ1n) is 5.58. The van der Waals surface area contributed by atoms with Gasteiger partial charge in [0, 0.05) is 17.5 Å². The number of rotatable bonds is 4. The number of aromatic nitrogens is 2. The summed E-state index contributed by atoms with van der Waals surface area (Å²) in [6.45, 7) is 5.00. The molecule has 0 saturated heterocycles. The van der Waals surface area contributed by atoms with E-state index >= 15 is 0 Å². The van der Waals surface area contributed by atoms with Crippen LogP contribution < -0.4 is 5.32 Å². The minimum absolute atomic E-state index is 0.867. The van der Waals surface area contributed by atoms with Crippen molar-refractivity contribution in [2.24, 2.45) is 0 Å². The first-order valence-corrected chi connectivity index (χ1v) is 6.40. The molecule has 17 heavy (non-hydrogen) atoms. The van der Waals surface area contributed by atoms with E-state index in [1.54, 1.807) is 18.1 Å². The third-order valence-electron chi connectivity index (χ3n) is 2.24. The van der Waals surface area contributed by atoms with Crippen molar-refractivity contribution in [3.05, 3.63) is 42.2 Å². The number of benzene rings is 1. The largest absolute Gasteiger partial charge is 0.370 e. The Morgan fingerprint density at radius 2 is 1.94 bits per heavy atom. The molecule has 0 aliphatic carbocycles. The van der Waals surface area contributed by atoms with Crippen LogP contribution in [-0.4, -0.2) is 16.5 Å². The second-order valence-electron chi connectivity index (χ2n) is 3.69. The van der Waals surface area contributed by atoms with Gasteiger partial charge in [-0.05, 0) is 26.0 Å². The molecular formula is C13H15N3S. The van der Waals surface area contributed by atoms with E-state index in [9.17, 15) is 0 Å². The summed E-state index contributed by atoms with van der Waals surface area (Å²) < 4.78 is 0. The zero-order valence-electron chi connectivity index (χ0n) is 9.97. The van der Waals surface area contributed by atoms with Gasteiger partial charge in [0.1, 0.15) is 17.2 Å². The topological polar surface area (TPSA) is 37.8 Å². The van der Waals surface area contributed by atoms with E-state index in [2.05, 4.69) is 53.4 Å². The molecule has 3 nitrogen and oxygen atoms in total. The lowest BCUT2D eigenvalue weighted by molar-refractivity contribution is 1.03. The van der Waals surface area contributed by atoms with Crippen molar-refractivity contribution < 1.29 is 0 Å². The zero-order valence-corrected chi connectivity index (χ0v) is 10.8. The fraction of sp³-hybridized carbons (Fsp3) is 0.231. The minimum Gasteiger partial charge on any atom is -0.370 e. The molecule has 2 rings (SSSR count). The minimum atomic E-state index is 0.867. The van der Waals surface area contributed by atoms with Gasteiger partial charge < -0.3 is 5.32 Å². The molecule has 88 valence electrons. The van der Waals surface area contributed by atoms with Crippen LogP contribution in [0.1, 0.15) is 12.5 Å². The van der Waals surface area contributed by atoms with Gasteiger partial charge in [-0.15, -0.1) is 0 Å². The Kier molecular flexibility index (Phi) is 3.98. The van der Waals surface area contributed by atoms with Gasteiger partial charge in [0.15, 0.2) is 0 Å². The summed E-state index contributed by atoms with van der Waals surface area (Å²) in [5.74, 6) is 0.872. The highest BCUT2D eigenvalue weighted by atomic mass is 32.2. The number of hydrogen-bond donors (Lipinski definition) is 1. The maximum absolute atomic E-state index is 4.25. The van der Waals surface area contributed by atoms with E-state index in [-0.39, 0.29) is 0 Å². The van der Waals surface area contributed by atoms with Gasteiger partial charge in [0.25, 0.3) is 0 Å². The molecular weight excluding hydrogens is 230 g/mol. The van der Waals surface area contributed by atoms with Gasteiger partial charge in [-0.25, -0.2) is 9.97 Å². The van der Waals surface area contributed by atoms with Gasteiger partial charge in [-0.2, -0.15) is 0 Å². The van der Waals surface area contributed by atoms with Crippen LogP contribution >= 0.6 is 11.8 Å². The summed E-state index contributed by atoms with van der Waals surface area (Å²) in [4.78, 5) is 9.59. The molecule has 0 fully saturated rings. The van der Waals surface area contributed by atoms with Gasteiger partial charge >= 0.3 is 0 Å². The summed E-state index contributed by atoms with van der Waals surface area (Å²) in [5.41, 5.74) is 1.27. The number of nitrogens with zero attached hydrogens (tertiary/aromatic N) is 2. The van der Waals surface area contributed by atoms with Crippen LogP contribution in [0.3, 0.4) is 0 Å². The Labute approximate surface area is 106 Å². The lowest BCUT2D eigenvalue weighted by Crippen LogP contribution is -1.99. The number of hydrogen-bond acceptors (Lipinski definition) is 4. The zero-order chi connectivity index (χ0) is 12.1. The molecule has 1 aromatic carbocycles. The molecule has 1 N–H and O–H groups in total. The Bertz CT molecular complexity index is 482. The molecule has 0 saturated carbocycles. The van der Waals surface area contributed by atoms with E-state index in [0.29, 0.717) is 0 Å². The standard InChI is InChI=1S/C13H15N3S/c1-3-14-12-8-13(16-9-15-12)17-11-6-4-10(2)5-7-11/h4-9H,3H2,1-2H3,(H,14,15,16). The quantitative estimate of drug-likeness (QED) is 0.838. The predicted octanol–water partition coefficient (Wildman–Crippen LogP) is 3.37. The molecule has 0 spiro atoms. The van der Waals surface area contributed by atoms with Crippen molar-refractivity contribution >= 4 is 17.6 Å². The van der Waals surface area contributed by atoms with Crippen LogP contribution in [0.5, 0.6) is 0 Å². The van der Waals surface area contributed by atoms with E-state index in [0.717, 1.165) is 17.4 Å². The third-order valence-corrected chi connectivity index (χ3v) is 3.18. The first-order chi connectivity index (χ1) is 8.28. The SMILES string of the molecule is CCNc1cc(Sc2ccc(C)cc2)ncn1. The molecule has 2 aromatic rings. The highest BCUT2D eigenvalue weighted by molar-refractivity contribution is 7.99. The number of aryl methyl sites for hydroxylation is 1. The average Bonchev–Trinajstić information content (AvgIpc) is 2.33. The first kappa shape index (κ1) is 11.9. The van der Waals surface area contributed by atoms with Crippen LogP contribution in [0.25, 0.3) is 0 Å². The Morgan fingerprint density at radius 1 is 1.18 bits per heavy atom. The van der Waals surface area contributed by atoms with Crippen LogP contribution in [0, 0.1) is 6.92 Å². The number of anilines is 1. The summed E-state index contributed by atoms with van der Waals surface area (Å²) in [7, 11) is 0. The molecule has 0 aliphatic rings. The molecule has 0 bridgehead atoms. The number of nitrogens with one attached hydrogen (secondary N) is 1. The van der Waals surface area contributed by atoms with Crippen molar-refractivity contribution in [1.29, 1.82) is 0 Å². The third kappa shape index (κ3) is 3.46. The van der Waals surface area contributed by atoms with Crippen molar-refractivity contribution in [2.75, 3.05) is 11.9 Å². The molecule has 4 heteroatoms. The molecule has 0 radical (unpaired) electrons. The Hall–Kier alpha value is -1.55. The molecule has 1 heterocycles. The van der Waals surface area contributed by atoms with Gasteiger partial charge in [-0.1, -0.05) is 29.5 Å². The highest BCUT2D eigenvalue weighted by Crippen LogP contribution is 2.26. The van der Waals surface area contributed by atoms with Crippen LogP contribution in [0.15, 0.2) is 46.6 Å². The molecule has 0 unspecified atom stereocenters. The Balaban J connectivity index is 2.12. The van der Waals surface area contributed by atoms with Gasteiger partial charge in [0.2, 0.25) is 0 Å². The second kappa shape index (κ2) is 5.68. The summed E-state index contributed by atoms with van der Waals surface area (Å²) in [6.07, 6.45) is 1.59. The van der Waals surface area contributed by atoms with Crippen LogP contribution in [-0.2, 0) is 0 Å². The maximum Gasteiger partial charge on any atom is 0.130 e. The van der Waals surface area contributed by atoms with Crippen molar-refractivity contribution in [1.82, 2.24) is 9.97 Å². The Morgan fingerprint density at radius 3 is 2.65 bits per heavy atom. The summed E-state index contributed by atoms with van der Waals surface area (Å²) >= 11 is 1.65. The van der Waals surface area contributed by atoms with E-state index in [4.69, 9.17) is 0 Å². The highest BCUT2D eigenvalue weighted by Gasteiger charge is 2.00. The molecule has 1 aromatic heterocycles. The van der Waals surface area contributed by atoms with Crippen molar-refractivity contribution in [3.8, 4) is 0 Å². The van der Waals surface area contributed by atoms with Gasteiger partial charge in [-0.3, -0.25) is 0 Å². The fourth-order valence-electron chi connectivity index (χ4n) is 1.40. The normalized spacial score (nSPS) is 10.2. The van der Waals surface area contributed by atoms with Crippen LogP contribution in [0.2, 0.25) is 0 Å². The molecule has 0 aliphatic heterocycles. The van der Waals surface area contributed by atoms with Gasteiger partial charge in [0.05, 0.1) is 0 Å². The fourth-order valence-corrected chi connectivity index (χ4v) is 2.18. The predicted molar refractivity (Wildman–Crippen MR) is 71.5 cm³/mol. The lowest BCUT2D eigenvalue weighted by Gasteiger charge is -2.04. The molecule has 0 atom stereocenters. The van der Waals surface area contributed by atoms with Crippen molar-refractivity contribution in [3.63, 3.8) is 0 Å².